The first-order valence-electron chi connectivity index (χ1n) is 5.87. The summed E-state index contributed by atoms with van der Waals surface area (Å²) in [7, 11) is 0. The van der Waals surface area contributed by atoms with Gasteiger partial charge >= 0.3 is 6.36 Å². The monoisotopic (exact) mass is 294 g/mol. The normalized spacial score (nSPS) is 12.2. The second-order valence-electron chi connectivity index (χ2n) is 4.28. The van der Waals surface area contributed by atoms with Crippen LogP contribution in [0.3, 0.4) is 0 Å². The van der Waals surface area contributed by atoms with Gasteiger partial charge in [-0.25, -0.2) is 4.18 Å². The van der Waals surface area contributed by atoms with E-state index in [1.165, 1.54) is 0 Å². The smallest absolute Gasteiger partial charge is 0.215 e. The molecule has 3 aromatic carbocycles. The van der Waals surface area contributed by atoms with E-state index in [-0.39, 0.29) is 0 Å². The molecule has 0 aliphatic rings. The van der Waals surface area contributed by atoms with Gasteiger partial charge in [0.2, 0.25) is 0 Å². The molecule has 0 aliphatic carbocycles. The third-order valence-corrected chi connectivity index (χ3v) is 3.67. The topological polar surface area (TPSA) is 9.23 Å². The van der Waals surface area contributed by atoms with Crippen LogP contribution < -0.4 is 0 Å². The van der Waals surface area contributed by atoms with Crippen molar-refractivity contribution in [1.29, 1.82) is 0 Å². The molecular weight excluding hydrogens is 285 g/mol. The van der Waals surface area contributed by atoms with Crippen molar-refractivity contribution in [3.05, 3.63) is 54.6 Å². The van der Waals surface area contributed by atoms with Crippen LogP contribution in [0.25, 0.3) is 21.5 Å². The SMILES string of the molecule is FC(F)(F)OSc1ccc2c(ccc3ccccc32)c1. The molecule has 0 bridgehead atoms. The van der Waals surface area contributed by atoms with Gasteiger partial charge in [-0.05, 0) is 33.7 Å². The number of fused-ring (bicyclic) bond motifs is 3. The van der Waals surface area contributed by atoms with Crippen molar-refractivity contribution < 1.29 is 17.4 Å². The lowest BCUT2D eigenvalue weighted by molar-refractivity contribution is -0.266. The van der Waals surface area contributed by atoms with Gasteiger partial charge in [0.1, 0.15) is 0 Å². The summed E-state index contributed by atoms with van der Waals surface area (Å²) in [6.45, 7) is 0. The summed E-state index contributed by atoms with van der Waals surface area (Å²) in [5, 5.41) is 4.09. The molecule has 3 aromatic rings. The van der Waals surface area contributed by atoms with Crippen LogP contribution in [-0.4, -0.2) is 6.36 Å². The van der Waals surface area contributed by atoms with Gasteiger partial charge in [0, 0.05) is 16.9 Å². The Hall–Kier alpha value is -1.72. The molecule has 0 unspecified atom stereocenters. The summed E-state index contributed by atoms with van der Waals surface area (Å²) in [6.07, 6.45) is -4.64. The minimum atomic E-state index is -4.64. The molecule has 0 aliphatic heterocycles. The second-order valence-corrected chi connectivity index (χ2v) is 5.09. The molecule has 1 nitrogen and oxygen atoms in total. The Balaban J connectivity index is 2.02. The highest BCUT2D eigenvalue weighted by Gasteiger charge is 2.30. The Morgan fingerprint density at radius 3 is 2.30 bits per heavy atom. The minimum absolute atomic E-state index is 0.323. The summed E-state index contributed by atoms with van der Waals surface area (Å²) in [5.74, 6) is 0. The lowest BCUT2D eigenvalue weighted by Crippen LogP contribution is -2.07. The summed E-state index contributed by atoms with van der Waals surface area (Å²) < 4.78 is 39.8. The predicted molar refractivity (Wildman–Crippen MR) is 74.5 cm³/mol. The second kappa shape index (κ2) is 5.00. The lowest BCUT2D eigenvalue weighted by atomic mass is 10.0. The van der Waals surface area contributed by atoms with Crippen LogP contribution in [0, 0.1) is 0 Å². The molecule has 20 heavy (non-hydrogen) atoms. The first kappa shape index (κ1) is 13.3. The van der Waals surface area contributed by atoms with E-state index in [0.717, 1.165) is 21.5 Å². The van der Waals surface area contributed by atoms with Crippen molar-refractivity contribution in [3.8, 4) is 0 Å². The zero-order valence-corrected chi connectivity index (χ0v) is 11.0. The van der Waals surface area contributed by atoms with Gasteiger partial charge in [0.15, 0.2) is 0 Å². The highest BCUT2D eigenvalue weighted by Crippen LogP contribution is 2.32. The standard InChI is InChI=1S/C15H9F3OS/c16-15(17,18)19-20-12-7-8-14-11(9-12)6-5-10-3-1-2-4-13(10)14/h1-9H. The van der Waals surface area contributed by atoms with Gasteiger partial charge in [-0.1, -0.05) is 42.5 Å². The van der Waals surface area contributed by atoms with Crippen molar-refractivity contribution in [2.45, 2.75) is 11.3 Å². The molecule has 0 spiro atoms. The van der Waals surface area contributed by atoms with E-state index in [1.54, 1.807) is 12.1 Å². The summed E-state index contributed by atoms with van der Waals surface area (Å²) in [4.78, 5) is 0.421. The first-order valence-corrected chi connectivity index (χ1v) is 6.61. The van der Waals surface area contributed by atoms with Gasteiger partial charge in [-0.15, -0.1) is 13.2 Å². The first-order chi connectivity index (χ1) is 9.53. The van der Waals surface area contributed by atoms with Gasteiger partial charge in [-0.3, -0.25) is 0 Å². The van der Waals surface area contributed by atoms with Gasteiger partial charge < -0.3 is 0 Å². The largest absolute Gasteiger partial charge is 0.533 e. The molecule has 5 heteroatoms. The van der Waals surface area contributed by atoms with E-state index < -0.39 is 6.36 Å². The van der Waals surface area contributed by atoms with E-state index in [4.69, 9.17) is 0 Å². The Labute approximate surface area is 117 Å². The zero-order valence-electron chi connectivity index (χ0n) is 10.1. The molecular formula is C15H9F3OS. The van der Waals surface area contributed by atoms with Crippen LogP contribution in [0.15, 0.2) is 59.5 Å². The number of rotatable bonds is 2. The molecule has 0 amide bonds. The lowest BCUT2D eigenvalue weighted by Gasteiger charge is -2.08. The Morgan fingerprint density at radius 2 is 1.50 bits per heavy atom. The fraction of sp³-hybridized carbons (Fsp3) is 0.0667. The van der Waals surface area contributed by atoms with E-state index in [9.17, 15) is 13.2 Å². The minimum Gasteiger partial charge on any atom is -0.215 e. The maximum absolute atomic E-state index is 12.0. The van der Waals surface area contributed by atoms with Crippen molar-refractivity contribution in [2.24, 2.45) is 0 Å². The molecule has 0 heterocycles. The fourth-order valence-electron chi connectivity index (χ4n) is 2.14. The zero-order chi connectivity index (χ0) is 14.2. The van der Waals surface area contributed by atoms with Gasteiger partial charge in [-0.2, -0.15) is 0 Å². The highest BCUT2D eigenvalue weighted by atomic mass is 32.2. The number of hydrogen-bond donors (Lipinski definition) is 0. The predicted octanol–water partition coefficient (Wildman–Crippen LogP) is 5.54. The van der Waals surface area contributed by atoms with Crippen LogP contribution in [0.1, 0.15) is 0 Å². The molecule has 0 atom stereocenters. The number of hydrogen-bond acceptors (Lipinski definition) is 2. The van der Waals surface area contributed by atoms with Crippen LogP contribution in [0.5, 0.6) is 0 Å². The molecule has 0 saturated heterocycles. The van der Waals surface area contributed by atoms with Crippen molar-refractivity contribution in [1.82, 2.24) is 0 Å². The van der Waals surface area contributed by atoms with E-state index in [1.807, 2.05) is 42.5 Å². The fourth-order valence-corrected chi connectivity index (χ4v) is 2.63. The number of halogens is 3. The van der Waals surface area contributed by atoms with E-state index in [2.05, 4.69) is 4.18 Å². The Kier molecular flexibility index (Phi) is 3.31. The number of alkyl halides is 3. The van der Waals surface area contributed by atoms with Crippen LogP contribution in [0.2, 0.25) is 0 Å². The Morgan fingerprint density at radius 1 is 0.800 bits per heavy atom. The van der Waals surface area contributed by atoms with Crippen molar-refractivity contribution in [3.63, 3.8) is 0 Å². The average Bonchev–Trinajstić information content (AvgIpc) is 2.44. The third-order valence-electron chi connectivity index (χ3n) is 2.95. The van der Waals surface area contributed by atoms with Crippen LogP contribution in [0.4, 0.5) is 13.2 Å². The van der Waals surface area contributed by atoms with Crippen molar-refractivity contribution in [2.75, 3.05) is 0 Å². The molecule has 0 fully saturated rings. The van der Waals surface area contributed by atoms with Crippen molar-refractivity contribution >= 4 is 33.6 Å². The van der Waals surface area contributed by atoms with E-state index >= 15 is 0 Å². The average molecular weight is 294 g/mol. The van der Waals surface area contributed by atoms with Gasteiger partial charge in [0.25, 0.3) is 0 Å². The molecule has 0 radical (unpaired) electrons. The third kappa shape index (κ3) is 2.73. The van der Waals surface area contributed by atoms with E-state index in [0.29, 0.717) is 16.9 Å². The highest BCUT2D eigenvalue weighted by molar-refractivity contribution is 7.94. The molecule has 3 rings (SSSR count). The van der Waals surface area contributed by atoms with Crippen LogP contribution >= 0.6 is 12.0 Å². The Bertz CT molecular complexity index is 768. The molecule has 0 N–H and O–H groups in total. The van der Waals surface area contributed by atoms with Gasteiger partial charge in [0.05, 0.1) is 0 Å². The molecule has 0 aromatic heterocycles. The quantitative estimate of drug-likeness (QED) is 0.453. The summed E-state index contributed by atoms with van der Waals surface area (Å²) in [6, 6.07) is 16.9. The maximum atomic E-state index is 12.0. The number of benzene rings is 3. The molecule has 0 saturated carbocycles. The summed E-state index contributed by atoms with van der Waals surface area (Å²) in [5.41, 5.74) is 0. The summed E-state index contributed by atoms with van der Waals surface area (Å²) >= 11 is 0.323. The van der Waals surface area contributed by atoms with Crippen LogP contribution in [-0.2, 0) is 4.18 Å². The maximum Gasteiger partial charge on any atom is 0.533 e. The molecule has 102 valence electrons.